The Kier molecular flexibility index (Phi) is 2.77. The molecule has 16 heavy (non-hydrogen) atoms. The van der Waals surface area contributed by atoms with Crippen molar-refractivity contribution in [2.24, 2.45) is 0 Å². The van der Waals surface area contributed by atoms with E-state index in [1.165, 1.54) is 12.5 Å². The van der Waals surface area contributed by atoms with Crippen LogP contribution >= 0.6 is 0 Å². The topological polar surface area (TPSA) is 85.9 Å². The zero-order chi connectivity index (χ0) is 11.4. The number of nitrogens with zero attached hydrogens (tertiary/aromatic N) is 4. The zero-order valence-electron chi connectivity index (χ0n) is 8.28. The van der Waals surface area contributed by atoms with Gasteiger partial charge in [-0.3, -0.25) is 4.57 Å². The molecule has 2 rings (SSSR count). The quantitative estimate of drug-likeness (QED) is 0.617. The van der Waals surface area contributed by atoms with E-state index in [1.54, 1.807) is 10.8 Å². The van der Waals surface area contributed by atoms with Gasteiger partial charge in [-0.15, -0.1) is 0 Å². The van der Waals surface area contributed by atoms with Crippen LogP contribution in [-0.4, -0.2) is 19.5 Å². The Bertz CT molecular complexity index is 482. The molecule has 0 aliphatic rings. The number of aromatic nitrogens is 3. The Balaban J connectivity index is 1.97. The fourth-order valence-corrected chi connectivity index (χ4v) is 1.17. The molecule has 0 fully saturated rings. The monoisotopic (exact) mass is 219 g/mol. The third-order valence-corrected chi connectivity index (χ3v) is 1.91. The van der Waals surface area contributed by atoms with Gasteiger partial charge in [0.25, 0.3) is 0 Å². The first-order chi connectivity index (χ1) is 7.75. The lowest BCUT2D eigenvalue weighted by molar-refractivity contribution is -0.389. The van der Waals surface area contributed by atoms with Crippen LogP contribution in [0.15, 0.2) is 36.9 Å². The maximum Gasteiger partial charge on any atom is 0.381 e. The van der Waals surface area contributed by atoms with Gasteiger partial charge in [-0.25, -0.2) is 4.98 Å². The highest BCUT2D eigenvalue weighted by molar-refractivity contribution is 5.32. The van der Waals surface area contributed by atoms with E-state index >= 15 is 0 Å². The average Bonchev–Trinajstić information content (AvgIpc) is 2.76. The van der Waals surface area contributed by atoms with Crippen molar-refractivity contribution in [3.05, 3.63) is 47.0 Å². The molecule has 2 aromatic heterocycles. The van der Waals surface area contributed by atoms with Gasteiger partial charge < -0.3 is 15.4 Å². The first-order valence-corrected chi connectivity index (χ1v) is 4.57. The van der Waals surface area contributed by atoms with E-state index in [4.69, 9.17) is 0 Å². The van der Waals surface area contributed by atoms with Gasteiger partial charge in [-0.2, -0.15) is 0 Å². The van der Waals surface area contributed by atoms with Gasteiger partial charge in [0.2, 0.25) is 6.33 Å². The summed E-state index contributed by atoms with van der Waals surface area (Å²) in [5, 5.41) is 13.4. The number of hydrogen-bond donors (Lipinski definition) is 1. The Morgan fingerprint density at radius 3 is 2.94 bits per heavy atom. The number of nitro groups is 1. The third kappa shape index (κ3) is 2.32. The molecule has 2 aromatic rings. The van der Waals surface area contributed by atoms with E-state index in [1.807, 2.05) is 18.2 Å². The molecule has 2 heterocycles. The molecule has 0 saturated heterocycles. The minimum absolute atomic E-state index is 0.164. The second-order valence-electron chi connectivity index (χ2n) is 3.05. The van der Waals surface area contributed by atoms with E-state index in [9.17, 15) is 10.1 Å². The van der Waals surface area contributed by atoms with Crippen molar-refractivity contribution in [1.29, 1.82) is 0 Å². The SMILES string of the molecule is O=[N+]([O-])c1cn(CNc2ccccn2)cn1. The van der Waals surface area contributed by atoms with Crippen LogP contribution in [0.3, 0.4) is 0 Å². The first kappa shape index (κ1) is 10.1. The normalized spacial score (nSPS) is 10.0. The molecule has 0 atom stereocenters. The summed E-state index contributed by atoms with van der Waals surface area (Å²) in [7, 11) is 0. The highest BCUT2D eigenvalue weighted by atomic mass is 16.6. The lowest BCUT2D eigenvalue weighted by Gasteiger charge is -2.03. The van der Waals surface area contributed by atoms with Crippen molar-refractivity contribution in [3.8, 4) is 0 Å². The zero-order valence-corrected chi connectivity index (χ0v) is 8.28. The Morgan fingerprint density at radius 2 is 2.31 bits per heavy atom. The molecule has 1 N–H and O–H groups in total. The van der Waals surface area contributed by atoms with E-state index < -0.39 is 4.92 Å². The van der Waals surface area contributed by atoms with Gasteiger partial charge in [0.15, 0.2) is 0 Å². The lowest BCUT2D eigenvalue weighted by atomic mass is 10.5. The first-order valence-electron chi connectivity index (χ1n) is 4.57. The van der Waals surface area contributed by atoms with Crippen molar-refractivity contribution in [3.63, 3.8) is 0 Å². The second-order valence-corrected chi connectivity index (χ2v) is 3.05. The lowest BCUT2D eigenvalue weighted by Crippen LogP contribution is -2.06. The smallest absolute Gasteiger partial charge is 0.358 e. The summed E-state index contributed by atoms with van der Waals surface area (Å²) >= 11 is 0. The molecule has 0 aliphatic carbocycles. The van der Waals surface area contributed by atoms with Crippen molar-refractivity contribution in [1.82, 2.24) is 14.5 Å². The highest BCUT2D eigenvalue weighted by Gasteiger charge is 2.08. The molecule has 7 heteroatoms. The molecule has 7 nitrogen and oxygen atoms in total. The third-order valence-electron chi connectivity index (χ3n) is 1.91. The van der Waals surface area contributed by atoms with Crippen LogP contribution in [0, 0.1) is 10.1 Å². The Labute approximate surface area is 90.9 Å². The summed E-state index contributed by atoms with van der Waals surface area (Å²) < 4.78 is 1.58. The van der Waals surface area contributed by atoms with Crippen molar-refractivity contribution < 1.29 is 4.92 Å². The van der Waals surface area contributed by atoms with Crippen LogP contribution in [0.1, 0.15) is 0 Å². The minimum atomic E-state index is -0.530. The Hall–Kier alpha value is -2.44. The second kappa shape index (κ2) is 4.39. The molecule has 0 saturated carbocycles. The van der Waals surface area contributed by atoms with E-state index in [0.29, 0.717) is 12.5 Å². The number of imidazole rings is 1. The van der Waals surface area contributed by atoms with Crippen LogP contribution < -0.4 is 5.32 Å². The maximum absolute atomic E-state index is 10.4. The number of anilines is 1. The number of pyridine rings is 1. The summed E-state index contributed by atoms with van der Waals surface area (Å²) in [5.74, 6) is 0.543. The van der Waals surface area contributed by atoms with E-state index in [0.717, 1.165) is 0 Å². The fraction of sp³-hybridized carbons (Fsp3) is 0.111. The van der Waals surface area contributed by atoms with Gasteiger partial charge in [0, 0.05) is 6.20 Å². The van der Waals surface area contributed by atoms with E-state index in [-0.39, 0.29) is 5.82 Å². The van der Waals surface area contributed by atoms with Crippen LogP contribution in [0.5, 0.6) is 0 Å². The molecule has 0 aliphatic heterocycles. The standard InChI is InChI=1S/C9H9N5O2/c15-14(16)9-5-13(7-12-9)6-11-8-3-1-2-4-10-8/h1-5,7H,6H2,(H,10,11). The van der Waals surface area contributed by atoms with Crippen LogP contribution in [0.2, 0.25) is 0 Å². The van der Waals surface area contributed by atoms with Gasteiger partial charge >= 0.3 is 5.82 Å². The molecule has 0 bridgehead atoms. The van der Waals surface area contributed by atoms with Crippen molar-refractivity contribution >= 4 is 11.6 Å². The van der Waals surface area contributed by atoms with Gasteiger partial charge in [0.05, 0.1) is 6.67 Å². The van der Waals surface area contributed by atoms with E-state index in [2.05, 4.69) is 15.3 Å². The van der Waals surface area contributed by atoms with Crippen LogP contribution in [0.4, 0.5) is 11.6 Å². The molecular weight excluding hydrogens is 210 g/mol. The largest absolute Gasteiger partial charge is 0.381 e. The summed E-state index contributed by atoms with van der Waals surface area (Å²) in [6.07, 6.45) is 4.42. The molecule has 82 valence electrons. The molecule has 0 radical (unpaired) electrons. The van der Waals surface area contributed by atoms with Crippen LogP contribution in [-0.2, 0) is 6.67 Å². The summed E-state index contributed by atoms with van der Waals surface area (Å²) in [5.41, 5.74) is 0. The number of nitrogens with one attached hydrogen (secondary N) is 1. The molecule has 0 spiro atoms. The maximum atomic E-state index is 10.4. The average molecular weight is 219 g/mol. The molecule has 0 amide bonds. The predicted molar refractivity (Wildman–Crippen MR) is 56.7 cm³/mol. The van der Waals surface area contributed by atoms with Crippen molar-refractivity contribution in [2.75, 3.05) is 5.32 Å². The van der Waals surface area contributed by atoms with Crippen molar-refractivity contribution in [2.45, 2.75) is 6.67 Å². The Morgan fingerprint density at radius 1 is 1.44 bits per heavy atom. The summed E-state index contributed by atoms with van der Waals surface area (Å²) in [6.45, 7) is 0.387. The summed E-state index contributed by atoms with van der Waals surface area (Å²) in [4.78, 5) is 17.5. The van der Waals surface area contributed by atoms with Gasteiger partial charge in [-0.1, -0.05) is 6.07 Å². The number of hydrogen-bond acceptors (Lipinski definition) is 5. The molecule has 0 aromatic carbocycles. The van der Waals surface area contributed by atoms with Crippen LogP contribution in [0.25, 0.3) is 0 Å². The summed E-state index contributed by atoms with van der Waals surface area (Å²) in [6, 6.07) is 5.48. The molecular formula is C9H9N5O2. The molecule has 0 unspecified atom stereocenters. The van der Waals surface area contributed by atoms with Gasteiger partial charge in [-0.05, 0) is 22.0 Å². The minimum Gasteiger partial charge on any atom is -0.358 e. The number of rotatable bonds is 4. The predicted octanol–water partition coefficient (Wildman–Crippen LogP) is 1.26. The van der Waals surface area contributed by atoms with Gasteiger partial charge in [0.1, 0.15) is 12.0 Å². The fourth-order valence-electron chi connectivity index (χ4n) is 1.17. The highest BCUT2D eigenvalue weighted by Crippen LogP contribution is 2.06.